The lowest BCUT2D eigenvalue weighted by molar-refractivity contribution is 0.316. The monoisotopic (exact) mass is 179 g/mol. The molecule has 0 aromatic rings. The Kier molecular flexibility index (Phi) is 4.03. The third kappa shape index (κ3) is 3.72. The first kappa shape index (κ1) is 10.9. The van der Waals surface area contributed by atoms with Gasteiger partial charge in [-0.05, 0) is 26.9 Å². The predicted molar refractivity (Wildman–Crippen MR) is 47.2 cm³/mol. The number of sulfone groups is 1. The summed E-state index contributed by atoms with van der Waals surface area (Å²) in [6.45, 7) is 4.57. The molecule has 0 fully saturated rings. The van der Waals surface area contributed by atoms with Crippen molar-refractivity contribution in [3.8, 4) is 0 Å². The smallest absolute Gasteiger partial charge is 0.163 e. The van der Waals surface area contributed by atoms with Crippen molar-refractivity contribution in [2.24, 2.45) is 0 Å². The van der Waals surface area contributed by atoms with Gasteiger partial charge in [-0.2, -0.15) is 0 Å². The third-order valence-corrected chi connectivity index (χ3v) is 3.42. The van der Waals surface area contributed by atoms with Crippen molar-refractivity contribution in [2.45, 2.75) is 25.6 Å². The van der Waals surface area contributed by atoms with Gasteiger partial charge in [0.25, 0.3) is 0 Å². The summed E-state index contributed by atoms with van der Waals surface area (Å²) in [6.07, 6.45) is 2.25. The maximum atomic E-state index is 11.0. The summed E-state index contributed by atoms with van der Waals surface area (Å²) in [6, 6.07) is 0. The summed E-state index contributed by atoms with van der Waals surface area (Å²) in [5.74, 6) is 0. The fraction of sp³-hybridized carbons (Fsp3) is 1.00. The van der Waals surface area contributed by atoms with Crippen LogP contribution in [-0.4, -0.2) is 38.5 Å². The molecular weight excluding hydrogens is 162 g/mol. The molecule has 0 heterocycles. The van der Waals surface area contributed by atoms with E-state index >= 15 is 0 Å². The second-order valence-corrected chi connectivity index (χ2v) is 5.25. The van der Waals surface area contributed by atoms with Gasteiger partial charge < -0.3 is 0 Å². The van der Waals surface area contributed by atoms with Gasteiger partial charge in [0.1, 0.15) is 5.37 Å². The first-order chi connectivity index (χ1) is 4.89. The molecule has 0 aromatic heterocycles. The van der Waals surface area contributed by atoms with E-state index in [1.807, 2.05) is 18.9 Å². The quantitative estimate of drug-likeness (QED) is 0.638. The van der Waals surface area contributed by atoms with Crippen LogP contribution in [0.25, 0.3) is 0 Å². The van der Waals surface area contributed by atoms with Crippen LogP contribution in [0.1, 0.15) is 20.3 Å². The molecule has 0 saturated carbocycles. The van der Waals surface area contributed by atoms with Crippen molar-refractivity contribution in [2.75, 3.05) is 19.8 Å². The van der Waals surface area contributed by atoms with Gasteiger partial charge in [-0.15, -0.1) is 0 Å². The highest BCUT2D eigenvalue weighted by Crippen LogP contribution is 2.03. The van der Waals surface area contributed by atoms with Crippen molar-refractivity contribution in [1.29, 1.82) is 0 Å². The molecule has 0 N–H and O–H groups in total. The van der Waals surface area contributed by atoms with E-state index in [-0.39, 0.29) is 5.37 Å². The molecule has 0 spiro atoms. The van der Waals surface area contributed by atoms with Crippen LogP contribution in [0.3, 0.4) is 0 Å². The molecule has 0 aromatic carbocycles. The topological polar surface area (TPSA) is 37.4 Å². The summed E-state index contributed by atoms with van der Waals surface area (Å²) in [5, 5.41) is -0.359. The lowest BCUT2D eigenvalue weighted by Gasteiger charge is -2.21. The van der Waals surface area contributed by atoms with E-state index in [0.717, 1.165) is 13.0 Å². The van der Waals surface area contributed by atoms with Gasteiger partial charge >= 0.3 is 0 Å². The van der Waals surface area contributed by atoms with Gasteiger partial charge in [0.15, 0.2) is 9.84 Å². The SMILES string of the molecule is CCCN(C)C(C)S(C)(=O)=O. The summed E-state index contributed by atoms with van der Waals surface area (Å²) in [5.41, 5.74) is 0. The summed E-state index contributed by atoms with van der Waals surface area (Å²) in [7, 11) is -1.07. The van der Waals surface area contributed by atoms with E-state index in [0.29, 0.717) is 0 Å². The van der Waals surface area contributed by atoms with Crippen LogP contribution < -0.4 is 0 Å². The molecule has 0 aliphatic rings. The van der Waals surface area contributed by atoms with Crippen LogP contribution in [0.15, 0.2) is 0 Å². The average Bonchev–Trinajstić information content (AvgIpc) is 1.85. The molecule has 1 unspecified atom stereocenters. The molecule has 3 nitrogen and oxygen atoms in total. The maximum Gasteiger partial charge on any atom is 0.163 e. The molecule has 68 valence electrons. The Balaban J connectivity index is 4.14. The molecule has 0 rings (SSSR count). The molecule has 0 bridgehead atoms. The standard InChI is InChI=1S/C7H17NO2S/c1-5-6-8(3)7(2)11(4,9)10/h7H,5-6H2,1-4H3. The van der Waals surface area contributed by atoms with Gasteiger partial charge in [0, 0.05) is 6.26 Å². The van der Waals surface area contributed by atoms with Crippen LogP contribution in [0.5, 0.6) is 0 Å². The molecule has 0 aliphatic heterocycles. The van der Waals surface area contributed by atoms with Gasteiger partial charge in [0.2, 0.25) is 0 Å². The van der Waals surface area contributed by atoms with Crippen molar-refractivity contribution in [3.63, 3.8) is 0 Å². The van der Waals surface area contributed by atoms with Crippen molar-refractivity contribution < 1.29 is 8.42 Å². The first-order valence-corrected chi connectivity index (χ1v) is 5.74. The van der Waals surface area contributed by atoms with E-state index < -0.39 is 9.84 Å². The molecular formula is C7H17NO2S. The van der Waals surface area contributed by atoms with E-state index in [2.05, 4.69) is 0 Å². The van der Waals surface area contributed by atoms with Crippen LogP contribution in [0, 0.1) is 0 Å². The Morgan fingerprint density at radius 2 is 1.91 bits per heavy atom. The Hall–Kier alpha value is -0.0900. The Morgan fingerprint density at radius 3 is 2.18 bits per heavy atom. The van der Waals surface area contributed by atoms with Gasteiger partial charge in [-0.3, -0.25) is 4.90 Å². The molecule has 1 atom stereocenters. The molecule has 11 heavy (non-hydrogen) atoms. The lowest BCUT2D eigenvalue weighted by atomic mass is 10.4. The number of hydrogen-bond acceptors (Lipinski definition) is 3. The average molecular weight is 179 g/mol. The zero-order valence-electron chi connectivity index (χ0n) is 7.66. The van der Waals surface area contributed by atoms with Crippen LogP contribution >= 0.6 is 0 Å². The minimum Gasteiger partial charge on any atom is -0.291 e. The normalized spacial score (nSPS) is 15.4. The zero-order valence-corrected chi connectivity index (χ0v) is 8.48. The summed E-state index contributed by atoms with van der Waals surface area (Å²) in [4.78, 5) is 1.84. The second-order valence-electron chi connectivity index (χ2n) is 2.91. The molecule has 0 amide bonds. The highest BCUT2D eigenvalue weighted by molar-refractivity contribution is 7.91. The fourth-order valence-electron chi connectivity index (χ4n) is 0.861. The van der Waals surface area contributed by atoms with Gasteiger partial charge in [0.05, 0.1) is 0 Å². The van der Waals surface area contributed by atoms with Crippen LogP contribution in [0.4, 0.5) is 0 Å². The fourth-order valence-corrected chi connectivity index (χ4v) is 1.62. The Labute approximate surface area is 69.3 Å². The van der Waals surface area contributed by atoms with Crippen molar-refractivity contribution >= 4 is 9.84 Å². The summed E-state index contributed by atoms with van der Waals surface area (Å²) >= 11 is 0. The van der Waals surface area contributed by atoms with E-state index in [1.54, 1.807) is 6.92 Å². The third-order valence-electron chi connectivity index (χ3n) is 1.82. The Morgan fingerprint density at radius 1 is 1.45 bits per heavy atom. The lowest BCUT2D eigenvalue weighted by Crippen LogP contribution is -2.35. The molecule has 4 heteroatoms. The number of nitrogens with zero attached hydrogens (tertiary/aromatic N) is 1. The van der Waals surface area contributed by atoms with E-state index in [9.17, 15) is 8.42 Å². The zero-order chi connectivity index (χ0) is 9.07. The number of hydrogen-bond donors (Lipinski definition) is 0. The molecule has 0 aliphatic carbocycles. The Bertz CT molecular complexity index is 198. The molecule has 0 radical (unpaired) electrons. The number of rotatable bonds is 4. The van der Waals surface area contributed by atoms with Crippen molar-refractivity contribution in [3.05, 3.63) is 0 Å². The first-order valence-electron chi connectivity index (χ1n) is 3.78. The highest BCUT2D eigenvalue weighted by atomic mass is 32.2. The van der Waals surface area contributed by atoms with Crippen LogP contribution in [-0.2, 0) is 9.84 Å². The van der Waals surface area contributed by atoms with Crippen LogP contribution in [0.2, 0.25) is 0 Å². The second kappa shape index (κ2) is 4.07. The summed E-state index contributed by atoms with van der Waals surface area (Å²) < 4.78 is 22.0. The van der Waals surface area contributed by atoms with E-state index in [1.165, 1.54) is 6.26 Å². The largest absolute Gasteiger partial charge is 0.291 e. The minimum atomic E-state index is -2.90. The van der Waals surface area contributed by atoms with Gasteiger partial charge in [-0.1, -0.05) is 6.92 Å². The van der Waals surface area contributed by atoms with Gasteiger partial charge in [-0.25, -0.2) is 8.42 Å². The predicted octanol–water partition coefficient (Wildman–Crippen LogP) is 0.719. The van der Waals surface area contributed by atoms with Crippen molar-refractivity contribution in [1.82, 2.24) is 4.90 Å². The van der Waals surface area contributed by atoms with E-state index in [4.69, 9.17) is 0 Å². The highest BCUT2D eigenvalue weighted by Gasteiger charge is 2.18. The molecule has 0 saturated heterocycles. The maximum absolute atomic E-state index is 11.0. The minimum absolute atomic E-state index is 0.359.